The quantitative estimate of drug-likeness (QED) is 0.212. The van der Waals surface area contributed by atoms with Crippen molar-refractivity contribution in [1.82, 2.24) is 4.98 Å². The van der Waals surface area contributed by atoms with Crippen LogP contribution in [-0.2, 0) is 0 Å². The molecule has 1 heterocycles. The molecule has 0 aliphatic rings. The molecule has 0 radical (unpaired) electrons. The number of pyridine rings is 1. The Balaban J connectivity index is 2.73. The first-order chi connectivity index (χ1) is 10.7. The van der Waals surface area contributed by atoms with Crippen LogP contribution in [0.2, 0.25) is 0 Å². The van der Waals surface area contributed by atoms with Gasteiger partial charge in [-0.05, 0) is 0 Å². The molecule has 0 aliphatic heterocycles. The van der Waals surface area contributed by atoms with Crippen molar-refractivity contribution in [3.05, 3.63) is 11.1 Å². The number of aromatic nitrogens is 1. The van der Waals surface area contributed by atoms with Crippen molar-refractivity contribution in [2.45, 2.75) is 13.8 Å². The molecule has 0 atom stereocenters. The minimum absolute atomic E-state index is 0.405. The fraction of sp³-hybridized carbons (Fsp3) is 0.133. The topological polar surface area (TPSA) is 12.9 Å². The van der Waals surface area contributed by atoms with E-state index in [4.69, 9.17) is 4.98 Å². The van der Waals surface area contributed by atoms with Crippen molar-refractivity contribution in [2.24, 2.45) is 0 Å². The van der Waals surface area contributed by atoms with E-state index in [0.29, 0.717) is 300 Å². The van der Waals surface area contributed by atoms with Crippen LogP contribution < -0.4 is 4.23 Å². The number of fused-ring (bicyclic) bond motifs is 2. The maximum absolute atomic E-state index is 5.46. The molecule has 3 aromatic rings. The summed E-state index contributed by atoms with van der Waals surface area (Å²) in [5, 5.41) is 3.46. The SMILES string of the molecule is Cc1[c]([RaH])[c]([RaH])c2nc3[c]([RaH])[c]([RaH])c(C)[c]([RaH])c3[c]([RaH])c2[c]1[RaH]. The average Bonchev–Trinajstić information content (AvgIpc) is 2.53. The van der Waals surface area contributed by atoms with E-state index < -0.39 is 0 Å². The fourth-order valence-electron chi connectivity index (χ4n) is 4.02. The van der Waals surface area contributed by atoms with Gasteiger partial charge in [-0.1, -0.05) is 0 Å². The van der Waals surface area contributed by atoms with Gasteiger partial charge in [0, 0.05) is 0 Å². The molecular weight excluding hydrogens is 1780 g/mol. The number of nitrogens with zero attached hydrogens (tertiary/aromatic N) is 1. The van der Waals surface area contributed by atoms with E-state index in [-0.39, 0.29) is 0 Å². The van der Waals surface area contributed by atoms with E-state index in [0.717, 1.165) is 0 Å². The van der Waals surface area contributed by atoms with E-state index in [1.807, 2.05) is 3.02 Å². The van der Waals surface area contributed by atoms with Crippen LogP contribution >= 0.6 is 0 Å². The Kier molecular flexibility index (Phi) is 12.7. The number of benzene rings is 2. The van der Waals surface area contributed by atoms with Gasteiger partial charge in [0.2, 0.25) is 0 Å². The maximum atomic E-state index is 5.46. The summed E-state index contributed by atoms with van der Waals surface area (Å²) < 4.78 is 12.7. The third kappa shape index (κ3) is 5.23. The van der Waals surface area contributed by atoms with Crippen molar-refractivity contribution in [3.8, 4) is 0 Å². The molecule has 0 aliphatic carbocycles. The van der Waals surface area contributed by atoms with E-state index in [1.165, 1.54) is 0 Å². The standard InChI is InChI=1S/C15H6N.7Ra.7H/c1-10-3-5-14-12(7-10)9-13-8-11(2)4-6-15(13)16-14;;;;;;;;;;;;;;/h1-2H3;;;;;;;;;;;;;;. The summed E-state index contributed by atoms with van der Waals surface area (Å²) in [5.41, 5.74) is 6.57. The Bertz CT molecular complexity index is 933. The summed E-state index contributed by atoms with van der Waals surface area (Å²) in [6, 6.07) is 0. The molecule has 0 bridgehead atoms. The Morgan fingerprint density at radius 3 is 1.17 bits per heavy atom. The summed E-state index contributed by atoms with van der Waals surface area (Å²) in [4.78, 5) is 5.46. The van der Waals surface area contributed by atoms with Crippen molar-refractivity contribution in [2.75, 3.05) is 0 Å². The van der Waals surface area contributed by atoms with Crippen molar-refractivity contribution in [3.63, 3.8) is 0 Å². The predicted molar refractivity (Wildman–Crippen MR) is 75.9 cm³/mol. The minimum atomic E-state index is 0.405. The summed E-state index contributed by atoms with van der Waals surface area (Å²) in [6.45, 7) is 4.89. The Labute approximate surface area is 342 Å². The summed E-state index contributed by atoms with van der Waals surface area (Å²) >= 11 is 3.10. The number of hydrogen-bond donors (Lipinski definition) is 0. The number of rotatable bonds is 0. The zero-order chi connectivity index (χ0) is 17.2. The first-order valence-electron chi connectivity index (χ1n) is 8.45. The molecule has 0 saturated heterocycles. The fourth-order valence-corrected chi connectivity index (χ4v) is 62.0. The first-order valence-corrected chi connectivity index (χ1v) is 37.2. The molecule has 8 heteroatoms. The summed E-state index contributed by atoms with van der Waals surface area (Å²) in [5.74, 6) is 0. The third-order valence-electron chi connectivity index (χ3n) is 6.28. The second kappa shape index (κ2) is 11.2. The van der Waals surface area contributed by atoms with Crippen LogP contribution in [0.25, 0.3) is 21.8 Å². The summed E-state index contributed by atoms with van der Waals surface area (Å²) in [7, 11) is 0. The molecule has 0 fully saturated rings. The van der Waals surface area contributed by atoms with Gasteiger partial charge in [0.15, 0.2) is 0 Å². The molecule has 1 aromatic heterocycles. The second-order valence-electron chi connectivity index (χ2n) is 7.18. The molecule has 0 N–H and O–H groups in total. The first kappa shape index (κ1) is 26.0. The van der Waals surface area contributed by atoms with Gasteiger partial charge in [0.25, 0.3) is 0 Å². The molecule has 92 valence electrons. The molecule has 0 amide bonds. The van der Waals surface area contributed by atoms with Crippen LogP contribution in [0.15, 0.2) is 0 Å². The van der Waals surface area contributed by atoms with Crippen LogP contribution in [0.5, 0.6) is 0 Å². The predicted octanol–water partition coefficient (Wildman–Crippen LogP) is -3.65. The third-order valence-corrected chi connectivity index (χ3v) is 76.8. The molecule has 1 nitrogen and oxygen atoms in total. The molecule has 0 unspecified atom stereocenters. The van der Waals surface area contributed by atoms with E-state index in [9.17, 15) is 0 Å². The molecule has 0 spiro atoms. The van der Waals surface area contributed by atoms with Crippen LogP contribution in [-0.4, -0.2) is 4.98 Å². The van der Waals surface area contributed by atoms with Crippen LogP contribution in [0.1, 0.15) is 11.1 Å². The second-order valence-corrected chi connectivity index (χ2v) is 36.0. The van der Waals surface area contributed by atoms with Gasteiger partial charge in [-0.25, -0.2) is 0 Å². The van der Waals surface area contributed by atoms with Gasteiger partial charge in [-0.15, -0.1) is 0 Å². The van der Waals surface area contributed by atoms with Gasteiger partial charge in [-0.3, -0.25) is 0 Å². The van der Waals surface area contributed by atoms with Crippen LogP contribution in [0.4, 0.5) is 0 Å². The summed E-state index contributed by atoms with van der Waals surface area (Å²) in [6.07, 6.45) is 0. The Morgan fingerprint density at radius 1 is 0.478 bits per heavy atom. The van der Waals surface area contributed by atoms with Crippen LogP contribution in [0, 0.1) is 313 Å². The average molecular weight is 1790 g/mol. The zero-order valence-corrected chi connectivity index (χ0v) is 73.5. The molecule has 2 aromatic carbocycles. The number of hydrogen-bond acceptors (Lipinski definition) is 1. The van der Waals surface area contributed by atoms with Crippen molar-refractivity contribution >= 4 is 26.0 Å². The van der Waals surface area contributed by atoms with Gasteiger partial charge in [0.05, 0.1) is 0 Å². The van der Waals surface area contributed by atoms with Gasteiger partial charge < -0.3 is 0 Å². The van der Waals surface area contributed by atoms with Gasteiger partial charge in [0.1, 0.15) is 0 Å². The Morgan fingerprint density at radius 2 is 0.826 bits per heavy atom. The molecule has 23 heavy (non-hydrogen) atoms. The normalized spacial score (nSPS) is 11.1. The zero-order valence-electron chi connectivity index (χ0n) is 15.9. The molecule has 3 rings (SSSR count). The van der Waals surface area contributed by atoms with Crippen molar-refractivity contribution < 1.29 is 300 Å². The monoisotopic (exact) mass is 1790 g/mol. The molecular formula is C15H13NRa7. The van der Waals surface area contributed by atoms with Crippen LogP contribution in [0.3, 0.4) is 0 Å². The van der Waals surface area contributed by atoms with Gasteiger partial charge >= 0.3 is 356 Å². The van der Waals surface area contributed by atoms with Crippen molar-refractivity contribution in [1.29, 1.82) is 0 Å². The Hall–Kier alpha value is 8.38. The van der Waals surface area contributed by atoms with E-state index >= 15 is 0 Å². The molecule has 0 saturated carbocycles. The van der Waals surface area contributed by atoms with E-state index in [1.54, 1.807) is 34.1 Å². The van der Waals surface area contributed by atoms with Gasteiger partial charge in [-0.2, -0.15) is 0 Å². The van der Waals surface area contributed by atoms with E-state index in [2.05, 4.69) is 13.8 Å².